The van der Waals surface area contributed by atoms with E-state index in [0.717, 1.165) is 30.2 Å². The first-order valence-electron chi connectivity index (χ1n) is 5.90. The normalized spacial score (nSPS) is 13.1. The standard InChI is InChI=1S/C12H21ClN2S/c1-5-10(6-2)11(13)7-14-12-15-8(3)9(4)16-12/h10-11H,5-7H2,1-4H3,(H,14,15). The first kappa shape index (κ1) is 13.8. The minimum atomic E-state index is 0.194. The van der Waals surface area contributed by atoms with Crippen LogP contribution in [0.1, 0.15) is 37.3 Å². The summed E-state index contributed by atoms with van der Waals surface area (Å²) in [5.74, 6) is 0.594. The van der Waals surface area contributed by atoms with E-state index in [1.807, 2.05) is 6.92 Å². The molecular weight excluding hydrogens is 240 g/mol. The summed E-state index contributed by atoms with van der Waals surface area (Å²) in [6.07, 6.45) is 2.28. The van der Waals surface area contributed by atoms with E-state index < -0.39 is 0 Å². The van der Waals surface area contributed by atoms with Crippen molar-refractivity contribution in [2.45, 2.75) is 45.9 Å². The third-order valence-corrected chi connectivity index (χ3v) is 4.58. The summed E-state index contributed by atoms with van der Waals surface area (Å²) in [7, 11) is 0. The van der Waals surface area contributed by atoms with Crippen molar-refractivity contribution in [3.63, 3.8) is 0 Å². The van der Waals surface area contributed by atoms with Crippen molar-refractivity contribution in [1.29, 1.82) is 0 Å². The van der Waals surface area contributed by atoms with E-state index in [2.05, 4.69) is 31.1 Å². The Morgan fingerprint density at radius 2 is 1.94 bits per heavy atom. The lowest BCUT2D eigenvalue weighted by Crippen LogP contribution is -2.22. The maximum atomic E-state index is 6.36. The van der Waals surface area contributed by atoms with Gasteiger partial charge in [0.25, 0.3) is 0 Å². The van der Waals surface area contributed by atoms with Gasteiger partial charge in [0.15, 0.2) is 5.13 Å². The molecule has 1 aromatic rings. The Balaban J connectivity index is 2.45. The van der Waals surface area contributed by atoms with Crippen LogP contribution in [0.25, 0.3) is 0 Å². The predicted molar refractivity (Wildman–Crippen MR) is 73.8 cm³/mol. The molecule has 0 aliphatic carbocycles. The molecule has 0 spiro atoms. The zero-order valence-corrected chi connectivity index (χ0v) is 12.1. The second kappa shape index (κ2) is 6.45. The molecule has 0 aliphatic rings. The number of aromatic nitrogens is 1. The molecule has 1 rings (SSSR count). The number of rotatable bonds is 6. The Morgan fingerprint density at radius 1 is 1.31 bits per heavy atom. The summed E-state index contributed by atoms with van der Waals surface area (Å²) in [6, 6.07) is 0. The molecule has 92 valence electrons. The smallest absolute Gasteiger partial charge is 0.183 e. The highest BCUT2D eigenvalue weighted by atomic mass is 35.5. The molecule has 0 aliphatic heterocycles. The number of hydrogen-bond donors (Lipinski definition) is 1. The van der Waals surface area contributed by atoms with E-state index in [1.165, 1.54) is 4.88 Å². The molecular formula is C12H21ClN2S. The molecule has 1 aromatic heterocycles. The van der Waals surface area contributed by atoms with Crippen LogP contribution in [0.5, 0.6) is 0 Å². The van der Waals surface area contributed by atoms with E-state index in [1.54, 1.807) is 11.3 Å². The summed E-state index contributed by atoms with van der Waals surface area (Å²) in [5.41, 5.74) is 1.11. The van der Waals surface area contributed by atoms with Gasteiger partial charge < -0.3 is 5.32 Å². The molecule has 0 amide bonds. The quantitative estimate of drug-likeness (QED) is 0.775. The maximum Gasteiger partial charge on any atom is 0.183 e. The molecule has 16 heavy (non-hydrogen) atoms. The van der Waals surface area contributed by atoms with Crippen molar-refractivity contribution < 1.29 is 0 Å². The third kappa shape index (κ3) is 3.63. The number of hydrogen-bond acceptors (Lipinski definition) is 3. The zero-order valence-electron chi connectivity index (χ0n) is 10.5. The van der Waals surface area contributed by atoms with Crippen LogP contribution in [0.2, 0.25) is 0 Å². The van der Waals surface area contributed by atoms with Crippen molar-refractivity contribution in [1.82, 2.24) is 4.98 Å². The number of halogens is 1. The fourth-order valence-electron chi connectivity index (χ4n) is 1.70. The topological polar surface area (TPSA) is 24.9 Å². The van der Waals surface area contributed by atoms with E-state index in [9.17, 15) is 0 Å². The highest BCUT2D eigenvalue weighted by molar-refractivity contribution is 7.15. The Bertz CT molecular complexity index is 301. The van der Waals surface area contributed by atoms with Crippen molar-refractivity contribution in [3.05, 3.63) is 10.6 Å². The minimum absolute atomic E-state index is 0.194. The molecule has 0 aromatic carbocycles. The summed E-state index contributed by atoms with van der Waals surface area (Å²) in [4.78, 5) is 5.72. The van der Waals surface area contributed by atoms with Crippen LogP contribution in [0.15, 0.2) is 0 Å². The molecule has 0 saturated heterocycles. The molecule has 0 fully saturated rings. The van der Waals surface area contributed by atoms with Gasteiger partial charge in [-0.1, -0.05) is 26.7 Å². The summed E-state index contributed by atoms with van der Waals surface area (Å²) in [5, 5.41) is 4.52. The number of nitrogens with zero attached hydrogens (tertiary/aromatic N) is 1. The highest BCUT2D eigenvalue weighted by Crippen LogP contribution is 2.23. The average Bonchev–Trinajstić information content (AvgIpc) is 2.57. The fraction of sp³-hybridized carbons (Fsp3) is 0.750. The maximum absolute atomic E-state index is 6.36. The Morgan fingerprint density at radius 3 is 2.38 bits per heavy atom. The van der Waals surface area contributed by atoms with Gasteiger partial charge >= 0.3 is 0 Å². The van der Waals surface area contributed by atoms with Crippen LogP contribution in [-0.2, 0) is 0 Å². The first-order chi connectivity index (χ1) is 7.58. The van der Waals surface area contributed by atoms with E-state index in [4.69, 9.17) is 11.6 Å². The van der Waals surface area contributed by atoms with Crippen LogP contribution in [0.4, 0.5) is 5.13 Å². The molecule has 2 nitrogen and oxygen atoms in total. The van der Waals surface area contributed by atoms with Gasteiger partial charge in [-0.3, -0.25) is 0 Å². The second-order valence-electron chi connectivity index (χ2n) is 4.13. The lowest BCUT2D eigenvalue weighted by atomic mass is 9.99. The van der Waals surface area contributed by atoms with Crippen molar-refractivity contribution in [2.75, 3.05) is 11.9 Å². The molecule has 4 heteroatoms. The molecule has 0 radical (unpaired) electrons. The van der Waals surface area contributed by atoms with Crippen LogP contribution in [0.3, 0.4) is 0 Å². The van der Waals surface area contributed by atoms with Crippen LogP contribution in [-0.4, -0.2) is 16.9 Å². The van der Waals surface area contributed by atoms with Crippen LogP contribution >= 0.6 is 22.9 Å². The monoisotopic (exact) mass is 260 g/mol. The van der Waals surface area contributed by atoms with Gasteiger partial charge in [0.05, 0.1) is 11.1 Å². The van der Waals surface area contributed by atoms with Crippen molar-refractivity contribution >= 4 is 28.1 Å². The van der Waals surface area contributed by atoms with Gasteiger partial charge in [-0.05, 0) is 19.8 Å². The zero-order chi connectivity index (χ0) is 12.1. The van der Waals surface area contributed by atoms with E-state index >= 15 is 0 Å². The summed E-state index contributed by atoms with van der Waals surface area (Å²) < 4.78 is 0. The minimum Gasteiger partial charge on any atom is -0.360 e. The Kier molecular flexibility index (Phi) is 5.56. The second-order valence-corrected chi connectivity index (χ2v) is 5.90. The van der Waals surface area contributed by atoms with E-state index in [-0.39, 0.29) is 5.38 Å². The van der Waals surface area contributed by atoms with Gasteiger partial charge in [-0.25, -0.2) is 4.98 Å². The van der Waals surface area contributed by atoms with Crippen LogP contribution < -0.4 is 5.32 Å². The molecule has 1 heterocycles. The average molecular weight is 261 g/mol. The van der Waals surface area contributed by atoms with E-state index in [0.29, 0.717) is 5.92 Å². The van der Waals surface area contributed by atoms with Gasteiger partial charge in [-0.2, -0.15) is 0 Å². The number of nitrogens with one attached hydrogen (secondary N) is 1. The molecule has 0 bridgehead atoms. The van der Waals surface area contributed by atoms with Gasteiger partial charge in [0, 0.05) is 11.4 Å². The lowest BCUT2D eigenvalue weighted by molar-refractivity contribution is 0.475. The van der Waals surface area contributed by atoms with Crippen molar-refractivity contribution in [2.24, 2.45) is 5.92 Å². The van der Waals surface area contributed by atoms with Gasteiger partial charge in [-0.15, -0.1) is 22.9 Å². The molecule has 1 unspecified atom stereocenters. The Labute approximate surface area is 107 Å². The van der Waals surface area contributed by atoms with Gasteiger partial charge in [0.1, 0.15) is 0 Å². The third-order valence-electron chi connectivity index (χ3n) is 3.04. The number of anilines is 1. The number of alkyl halides is 1. The largest absolute Gasteiger partial charge is 0.360 e. The SMILES string of the molecule is CCC(CC)C(Cl)CNc1nc(C)c(C)s1. The predicted octanol–water partition coefficient (Wildman–Crippen LogP) is 4.22. The number of thiazole rings is 1. The number of aryl methyl sites for hydroxylation is 2. The lowest BCUT2D eigenvalue weighted by Gasteiger charge is -2.19. The summed E-state index contributed by atoms with van der Waals surface area (Å²) in [6.45, 7) is 9.33. The fourth-order valence-corrected chi connectivity index (χ4v) is 2.95. The highest BCUT2D eigenvalue weighted by Gasteiger charge is 2.15. The molecule has 1 N–H and O–H groups in total. The Hall–Kier alpha value is -0.280. The van der Waals surface area contributed by atoms with Crippen LogP contribution in [0, 0.1) is 19.8 Å². The molecule has 1 atom stereocenters. The van der Waals surface area contributed by atoms with Gasteiger partial charge in [0.2, 0.25) is 0 Å². The molecule has 0 saturated carbocycles. The van der Waals surface area contributed by atoms with Crippen molar-refractivity contribution in [3.8, 4) is 0 Å². The first-order valence-corrected chi connectivity index (χ1v) is 7.15. The summed E-state index contributed by atoms with van der Waals surface area (Å²) >= 11 is 8.06.